The number of aliphatic hydroxyl groups is 1. The van der Waals surface area contributed by atoms with Crippen LogP contribution in [0.5, 0.6) is 0 Å². The third kappa shape index (κ3) is 2.33. The molecule has 16 heavy (non-hydrogen) atoms. The van der Waals surface area contributed by atoms with Gasteiger partial charge in [-0.25, -0.2) is 0 Å². The number of nitrogens with zero attached hydrogens (tertiary/aromatic N) is 2. The zero-order valence-electron chi connectivity index (χ0n) is 9.63. The zero-order valence-corrected chi connectivity index (χ0v) is 9.63. The summed E-state index contributed by atoms with van der Waals surface area (Å²) in [6, 6.07) is 3.96. The van der Waals surface area contributed by atoms with Crippen molar-refractivity contribution >= 4 is 5.69 Å². The van der Waals surface area contributed by atoms with Gasteiger partial charge in [-0.3, -0.25) is 9.88 Å². The number of aromatic nitrogens is 1. The van der Waals surface area contributed by atoms with E-state index in [1.165, 1.54) is 0 Å². The van der Waals surface area contributed by atoms with Crippen LogP contribution in [0.15, 0.2) is 18.3 Å². The smallest absolute Gasteiger partial charge is 0.0589 e. The van der Waals surface area contributed by atoms with Gasteiger partial charge < -0.3 is 10.8 Å². The number of anilines is 1. The fourth-order valence-corrected chi connectivity index (χ4v) is 2.37. The molecular formula is C12H19N3O. The third-order valence-corrected chi connectivity index (χ3v) is 3.39. The van der Waals surface area contributed by atoms with E-state index in [2.05, 4.69) is 16.8 Å². The summed E-state index contributed by atoms with van der Waals surface area (Å²) in [7, 11) is 0. The summed E-state index contributed by atoms with van der Waals surface area (Å²) < 4.78 is 0. The van der Waals surface area contributed by atoms with Gasteiger partial charge in [0.2, 0.25) is 0 Å². The minimum Gasteiger partial charge on any atom is -0.399 e. The molecule has 0 aliphatic carbocycles. The van der Waals surface area contributed by atoms with Gasteiger partial charge in [0, 0.05) is 24.5 Å². The molecule has 4 heteroatoms. The Hall–Kier alpha value is -1.13. The van der Waals surface area contributed by atoms with Crippen LogP contribution in [0.2, 0.25) is 0 Å². The average Bonchev–Trinajstić information content (AvgIpc) is 2.59. The van der Waals surface area contributed by atoms with Gasteiger partial charge in [-0.2, -0.15) is 0 Å². The van der Waals surface area contributed by atoms with E-state index in [-0.39, 0.29) is 12.6 Å². The summed E-state index contributed by atoms with van der Waals surface area (Å²) in [6.07, 6.45) is 2.88. The zero-order chi connectivity index (χ0) is 11.5. The first-order valence-electron chi connectivity index (χ1n) is 5.76. The molecule has 1 aliphatic rings. The van der Waals surface area contributed by atoms with E-state index < -0.39 is 0 Å². The van der Waals surface area contributed by atoms with Crippen LogP contribution in [0.4, 0.5) is 5.69 Å². The largest absolute Gasteiger partial charge is 0.399 e. The average molecular weight is 221 g/mol. The third-order valence-electron chi connectivity index (χ3n) is 3.39. The molecule has 0 bridgehead atoms. The fourth-order valence-electron chi connectivity index (χ4n) is 2.37. The molecule has 1 fully saturated rings. The maximum atomic E-state index is 9.35. The second kappa shape index (κ2) is 4.80. The molecule has 4 nitrogen and oxygen atoms in total. The van der Waals surface area contributed by atoms with Crippen LogP contribution in [-0.4, -0.2) is 34.2 Å². The quantitative estimate of drug-likeness (QED) is 0.795. The summed E-state index contributed by atoms with van der Waals surface area (Å²) in [4.78, 5) is 6.58. The lowest BCUT2D eigenvalue weighted by molar-refractivity contribution is 0.133. The fraction of sp³-hybridized carbons (Fsp3) is 0.583. The number of nitrogens with two attached hydrogens (primary N) is 1. The Morgan fingerprint density at radius 3 is 3.12 bits per heavy atom. The summed E-state index contributed by atoms with van der Waals surface area (Å²) in [5, 5.41) is 9.35. The molecule has 0 spiro atoms. The van der Waals surface area contributed by atoms with Crippen molar-refractivity contribution in [2.45, 2.75) is 25.9 Å². The minimum atomic E-state index is 0.226. The van der Waals surface area contributed by atoms with Crippen LogP contribution in [0.25, 0.3) is 0 Å². The van der Waals surface area contributed by atoms with E-state index in [1.54, 1.807) is 12.3 Å². The lowest BCUT2D eigenvalue weighted by Gasteiger charge is -2.24. The molecule has 2 unspecified atom stereocenters. The predicted molar refractivity (Wildman–Crippen MR) is 63.7 cm³/mol. The number of likely N-dealkylation sites (tertiary alicyclic amines) is 1. The highest BCUT2D eigenvalue weighted by molar-refractivity contribution is 5.37. The lowest BCUT2D eigenvalue weighted by Crippen LogP contribution is -2.34. The molecule has 0 amide bonds. The van der Waals surface area contributed by atoms with Crippen LogP contribution < -0.4 is 5.73 Å². The van der Waals surface area contributed by atoms with Crippen molar-refractivity contribution in [3.8, 4) is 0 Å². The lowest BCUT2D eigenvalue weighted by atomic mass is 10.0. The molecular weight excluding hydrogens is 202 g/mol. The molecule has 1 aromatic heterocycles. The molecule has 3 N–H and O–H groups in total. The van der Waals surface area contributed by atoms with Crippen molar-refractivity contribution in [3.63, 3.8) is 0 Å². The number of hydrogen-bond donors (Lipinski definition) is 2. The maximum absolute atomic E-state index is 9.35. The second-order valence-electron chi connectivity index (χ2n) is 4.57. The highest BCUT2D eigenvalue weighted by Gasteiger charge is 2.30. The van der Waals surface area contributed by atoms with E-state index in [0.29, 0.717) is 5.92 Å². The van der Waals surface area contributed by atoms with Crippen molar-refractivity contribution in [2.24, 2.45) is 5.92 Å². The Morgan fingerprint density at radius 2 is 2.44 bits per heavy atom. The van der Waals surface area contributed by atoms with E-state index in [0.717, 1.165) is 30.9 Å². The van der Waals surface area contributed by atoms with E-state index in [1.807, 2.05) is 6.07 Å². The van der Waals surface area contributed by atoms with Crippen molar-refractivity contribution in [1.29, 1.82) is 0 Å². The van der Waals surface area contributed by atoms with Gasteiger partial charge >= 0.3 is 0 Å². The summed E-state index contributed by atoms with van der Waals surface area (Å²) in [5.74, 6) is 0.561. The van der Waals surface area contributed by atoms with Gasteiger partial charge in [0.05, 0.1) is 12.3 Å². The van der Waals surface area contributed by atoms with E-state index in [9.17, 15) is 5.11 Å². The molecule has 0 radical (unpaired) electrons. The molecule has 0 saturated carbocycles. The Labute approximate surface area is 96.1 Å². The Balaban J connectivity index is 2.04. The van der Waals surface area contributed by atoms with Crippen LogP contribution in [0.1, 0.15) is 19.0 Å². The summed E-state index contributed by atoms with van der Waals surface area (Å²) in [5.41, 5.74) is 7.45. The SMILES string of the molecule is CC1CCN(Cc2cc(N)ccn2)C1CO. The highest BCUT2D eigenvalue weighted by atomic mass is 16.3. The first-order chi connectivity index (χ1) is 7.70. The Kier molecular flexibility index (Phi) is 3.41. The first kappa shape index (κ1) is 11.4. The topological polar surface area (TPSA) is 62.4 Å². The maximum Gasteiger partial charge on any atom is 0.0589 e. The molecule has 88 valence electrons. The van der Waals surface area contributed by atoms with Gasteiger partial charge in [-0.1, -0.05) is 6.92 Å². The summed E-state index contributed by atoms with van der Waals surface area (Å²) in [6.45, 7) is 4.22. The van der Waals surface area contributed by atoms with Gasteiger partial charge in [0.15, 0.2) is 0 Å². The number of rotatable bonds is 3. The van der Waals surface area contributed by atoms with E-state index in [4.69, 9.17) is 5.73 Å². The number of hydrogen-bond acceptors (Lipinski definition) is 4. The Bertz CT molecular complexity index is 356. The van der Waals surface area contributed by atoms with Gasteiger partial charge in [0.1, 0.15) is 0 Å². The van der Waals surface area contributed by atoms with E-state index >= 15 is 0 Å². The van der Waals surface area contributed by atoms with Crippen LogP contribution in [0.3, 0.4) is 0 Å². The van der Waals surface area contributed by atoms with Crippen LogP contribution in [-0.2, 0) is 6.54 Å². The second-order valence-corrected chi connectivity index (χ2v) is 4.57. The van der Waals surface area contributed by atoms with Crippen molar-refractivity contribution < 1.29 is 5.11 Å². The van der Waals surface area contributed by atoms with Gasteiger partial charge in [-0.15, -0.1) is 0 Å². The molecule has 2 rings (SSSR count). The van der Waals surface area contributed by atoms with Gasteiger partial charge in [0.25, 0.3) is 0 Å². The predicted octanol–water partition coefficient (Wildman–Crippen LogP) is 0.867. The summed E-state index contributed by atoms with van der Waals surface area (Å²) >= 11 is 0. The van der Waals surface area contributed by atoms with Crippen molar-refractivity contribution in [3.05, 3.63) is 24.0 Å². The number of nitrogen functional groups attached to an aromatic ring is 1. The van der Waals surface area contributed by atoms with Crippen molar-refractivity contribution in [1.82, 2.24) is 9.88 Å². The Morgan fingerprint density at radius 1 is 1.62 bits per heavy atom. The normalized spacial score (nSPS) is 26.1. The molecule has 2 atom stereocenters. The standard InChI is InChI=1S/C12H19N3O/c1-9-3-5-15(12(9)8-16)7-11-6-10(13)2-4-14-11/h2,4,6,9,12,16H,3,5,7-8H2,1H3,(H2,13,14). The highest BCUT2D eigenvalue weighted by Crippen LogP contribution is 2.25. The molecule has 1 aromatic rings. The van der Waals surface area contributed by atoms with Crippen molar-refractivity contribution in [2.75, 3.05) is 18.9 Å². The molecule has 2 heterocycles. The molecule has 1 aliphatic heterocycles. The molecule has 1 saturated heterocycles. The van der Waals surface area contributed by atoms with Crippen LogP contribution in [0, 0.1) is 5.92 Å². The molecule has 0 aromatic carbocycles. The first-order valence-corrected chi connectivity index (χ1v) is 5.76. The van der Waals surface area contributed by atoms with Crippen LogP contribution >= 0.6 is 0 Å². The minimum absolute atomic E-state index is 0.226. The monoisotopic (exact) mass is 221 g/mol. The number of aliphatic hydroxyl groups excluding tert-OH is 1. The number of pyridine rings is 1. The van der Waals surface area contributed by atoms with Gasteiger partial charge in [-0.05, 0) is 31.0 Å².